The molecule has 0 heterocycles. The van der Waals surface area contributed by atoms with E-state index < -0.39 is 0 Å². The van der Waals surface area contributed by atoms with Crippen molar-refractivity contribution in [3.8, 4) is 5.75 Å². The van der Waals surface area contributed by atoms with Gasteiger partial charge >= 0.3 is 5.97 Å². The first-order valence-electron chi connectivity index (χ1n) is 7.12. The van der Waals surface area contributed by atoms with Gasteiger partial charge in [0.05, 0.1) is 13.7 Å². The molecule has 0 radical (unpaired) electrons. The zero-order chi connectivity index (χ0) is 15.0. The molecule has 0 saturated carbocycles. The molecular formula is C16H25NO3. The van der Waals surface area contributed by atoms with Crippen LogP contribution in [0, 0.1) is 0 Å². The lowest BCUT2D eigenvalue weighted by Gasteiger charge is -2.26. The number of hydrogen-bond acceptors (Lipinski definition) is 4. The highest BCUT2D eigenvalue weighted by Gasteiger charge is 2.23. The van der Waals surface area contributed by atoms with E-state index in [-0.39, 0.29) is 12.0 Å². The van der Waals surface area contributed by atoms with E-state index >= 15 is 0 Å². The Morgan fingerprint density at radius 1 is 1.35 bits per heavy atom. The average Bonchev–Trinajstić information content (AvgIpc) is 2.45. The van der Waals surface area contributed by atoms with Gasteiger partial charge in [0.25, 0.3) is 0 Å². The molecule has 0 bridgehead atoms. The van der Waals surface area contributed by atoms with Gasteiger partial charge < -0.3 is 9.47 Å². The fourth-order valence-electron chi connectivity index (χ4n) is 2.20. The Labute approximate surface area is 121 Å². The number of ether oxygens (including phenoxy) is 2. The van der Waals surface area contributed by atoms with Gasteiger partial charge in [0.1, 0.15) is 11.8 Å². The van der Waals surface area contributed by atoms with Crippen LogP contribution in [0.2, 0.25) is 0 Å². The van der Waals surface area contributed by atoms with Gasteiger partial charge in [0.15, 0.2) is 0 Å². The Kier molecular flexibility index (Phi) is 7.09. The number of likely N-dealkylation sites (N-methyl/N-ethyl adjacent to an activating group) is 1. The van der Waals surface area contributed by atoms with Crippen molar-refractivity contribution >= 4 is 5.97 Å². The van der Waals surface area contributed by atoms with E-state index in [1.165, 1.54) is 0 Å². The number of methoxy groups -OCH3 is 1. The summed E-state index contributed by atoms with van der Waals surface area (Å²) in [5.41, 5.74) is 1.12. The number of carbonyl (C=O) groups excluding carboxylic acids is 1. The quantitative estimate of drug-likeness (QED) is 0.686. The highest BCUT2D eigenvalue weighted by atomic mass is 16.5. The SMILES string of the molecule is CCCC(C(=O)OCC)N(C)Cc1cccc(OC)c1. The molecule has 1 aromatic rings. The predicted molar refractivity (Wildman–Crippen MR) is 79.8 cm³/mol. The van der Waals surface area contributed by atoms with E-state index in [0.717, 1.165) is 24.2 Å². The highest BCUT2D eigenvalue weighted by Crippen LogP contribution is 2.16. The van der Waals surface area contributed by atoms with Crippen LogP contribution in [0.4, 0.5) is 0 Å². The zero-order valence-corrected chi connectivity index (χ0v) is 12.9. The lowest BCUT2D eigenvalue weighted by molar-refractivity contribution is -0.149. The molecule has 0 amide bonds. The van der Waals surface area contributed by atoms with E-state index in [9.17, 15) is 4.79 Å². The lowest BCUT2D eigenvalue weighted by atomic mass is 10.1. The van der Waals surface area contributed by atoms with Crippen molar-refractivity contribution in [3.63, 3.8) is 0 Å². The summed E-state index contributed by atoms with van der Waals surface area (Å²) in [6, 6.07) is 7.71. The smallest absolute Gasteiger partial charge is 0.323 e. The summed E-state index contributed by atoms with van der Waals surface area (Å²) in [6.07, 6.45) is 1.76. The van der Waals surface area contributed by atoms with Crippen molar-refractivity contribution < 1.29 is 14.3 Å². The maximum absolute atomic E-state index is 12.0. The normalized spacial score (nSPS) is 12.2. The van der Waals surface area contributed by atoms with Gasteiger partial charge in [0.2, 0.25) is 0 Å². The van der Waals surface area contributed by atoms with Gasteiger partial charge in [-0.1, -0.05) is 25.5 Å². The lowest BCUT2D eigenvalue weighted by Crippen LogP contribution is -2.39. The minimum atomic E-state index is -0.189. The highest BCUT2D eigenvalue weighted by molar-refractivity contribution is 5.75. The molecule has 0 aromatic heterocycles. The molecule has 0 aliphatic heterocycles. The van der Waals surface area contributed by atoms with Crippen LogP contribution in [0.15, 0.2) is 24.3 Å². The van der Waals surface area contributed by atoms with Gasteiger partial charge in [-0.3, -0.25) is 9.69 Å². The summed E-state index contributed by atoms with van der Waals surface area (Å²) in [4.78, 5) is 14.0. The Morgan fingerprint density at radius 3 is 2.70 bits per heavy atom. The Bertz CT molecular complexity index is 420. The van der Waals surface area contributed by atoms with Gasteiger partial charge in [-0.05, 0) is 38.1 Å². The topological polar surface area (TPSA) is 38.8 Å². The van der Waals surface area contributed by atoms with Crippen LogP contribution >= 0.6 is 0 Å². The third-order valence-corrected chi connectivity index (χ3v) is 3.22. The minimum Gasteiger partial charge on any atom is -0.497 e. The average molecular weight is 279 g/mol. The summed E-state index contributed by atoms with van der Waals surface area (Å²) in [5, 5.41) is 0. The van der Waals surface area contributed by atoms with Crippen molar-refractivity contribution in [2.45, 2.75) is 39.3 Å². The van der Waals surface area contributed by atoms with Crippen LogP contribution in [0.5, 0.6) is 5.75 Å². The van der Waals surface area contributed by atoms with Gasteiger partial charge in [-0.25, -0.2) is 0 Å². The zero-order valence-electron chi connectivity index (χ0n) is 12.9. The molecule has 1 rings (SSSR count). The van der Waals surface area contributed by atoms with Gasteiger partial charge in [-0.15, -0.1) is 0 Å². The van der Waals surface area contributed by atoms with Crippen molar-refractivity contribution in [3.05, 3.63) is 29.8 Å². The fraction of sp³-hybridized carbons (Fsp3) is 0.562. The number of nitrogens with zero attached hydrogens (tertiary/aromatic N) is 1. The summed E-state index contributed by atoms with van der Waals surface area (Å²) < 4.78 is 10.4. The third-order valence-electron chi connectivity index (χ3n) is 3.22. The number of hydrogen-bond donors (Lipinski definition) is 0. The van der Waals surface area contributed by atoms with Crippen LogP contribution in [0.3, 0.4) is 0 Å². The number of benzene rings is 1. The molecule has 0 spiro atoms. The largest absolute Gasteiger partial charge is 0.497 e. The van der Waals surface area contributed by atoms with E-state index in [0.29, 0.717) is 13.2 Å². The van der Waals surface area contributed by atoms with Gasteiger partial charge in [-0.2, -0.15) is 0 Å². The third kappa shape index (κ3) is 4.85. The van der Waals surface area contributed by atoms with Crippen molar-refractivity contribution in [2.75, 3.05) is 20.8 Å². The Hall–Kier alpha value is -1.55. The summed E-state index contributed by atoms with van der Waals surface area (Å²) >= 11 is 0. The van der Waals surface area contributed by atoms with E-state index in [2.05, 4.69) is 6.92 Å². The fourth-order valence-corrected chi connectivity index (χ4v) is 2.20. The molecule has 1 atom stereocenters. The van der Waals surface area contributed by atoms with E-state index in [1.807, 2.05) is 43.1 Å². The first-order valence-corrected chi connectivity index (χ1v) is 7.12. The summed E-state index contributed by atoms with van der Waals surface area (Å²) in [5.74, 6) is 0.693. The molecule has 112 valence electrons. The van der Waals surface area contributed by atoms with Crippen LogP contribution in [0.1, 0.15) is 32.3 Å². The molecule has 0 saturated heterocycles. The molecule has 20 heavy (non-hydrogen) atoms. The van der Waals surface area contributed by atoms with Crippen LogP contribution < -0.4 is 4.74 Å². The van der Waals surface area contributed by atoms with Crippen molar-refractivity contribution in [1.82, 2.24) is 4.90 Å². The maximum Gasteiger partial charge on any atom is 0.323 e. The molecule has 0 aliphatic carbocycles. The van der Waals surface area contributed by atoms with Crippen LogP contribution in [0.25, 0.3) is 0 Å². The van der Waals surface area contributed by atoms with Gasteiger partial charge in [0, 0.05) is 6.54 Å². The minimum absolute atomic E-state index is 0.139. The molecule has 4 heteroatoms. The standard InChI is InChI=1S/C16H25NO3/c1-5-8-15(16(18)20-6-2)17(3)12-13-9-7-10-14(11-13)19-4/h7,9-11,15H,5-6,8,12H2,1-4H3. The Balaban J connectivity index is 2.73. The Morgan fingerprint density at radius 2 is 2.10 bits per heavy atom. The number of rotatable bonds is 8. The van der Waals surface area contributed by atoms with E-state index in [1.54, 1.807) is 7.11 Å². The summed E-state index contributed by atoms with van der Waals surface area (Å²) in [7, 11) is 3.61. The molecule has 1 aromatic carbocycles. The maximum atomic E-state index is 12.0. The van der Waals surface area contributed by atoms with Crippen molar-refractivity contribution in [1.29, 1.82) is 0 Å². The van der Waals surface area contributed by atoms with E-state index in [4.69, 9.17) is 9.47 Å². The first kappa shape index (κ1) is 16.5. The molecule has 0 aliphatic rings. The first-order chi connectivity index (χ1) is 9.62. The second-order valence-electron chi connectivity index (χ2n) is 4.82. The second kappa shape index (κ2) is 8.59. The molecular weight excluding hydrogens is 254 g/mol. The summed E-state index contributed by atoms with van der Waals surface area (Å²) in [6.45, 7) is 5.03. The molecule has 1 unspecified atom stereocenters. The monoisotopic (exact) mass is 279 g/mol. The van der Waals surface area contributed by atoms with Crippen LogP contribution in [-0.4, -0.2) is 37.7 Å². The number of esters is 1. The van der Waals surface area contributed by atoms with Crippen LogP contribution in [-0.2, 0) is 16.1 Å². The second-order valence-corrected chi connectivity index (χ2v) is 4.82. The number of carbonyl (C=O) groups is 1. The molecule has 0 N–H and O–H groups in total. The molecule has 4 nitrogen and oxygen atoms in total. The predicted octanol–water partition coefficient (Wildman–Crippen LogP) is 2.86. The molecule has 0 fully saturated rings. The van der Waals surface area contributed by atoms with Crippen molar-refractivity contribution in [2.24, 2.45) is 0 Å².